The zero-order chi connectivity index (χ0) is 19.6. The molecule has 2 aromatic carbocycles. The van der Waals surface area contributed by atoms with Crippen molar-refractivity contribution in [1.82, 2.24) is 4.72 Å². The Kier molecular flexibility index (Phi) is 5.48. The van der Waals surface area contributed by atoms with Gasteiger partial charge in [-0.05, 0) is 79.5 Å². The second-order valence-electron chi connectivity index (χ2n) is 8.18. The maximum absolute atomic E-state index is 13.0. The maximum atomic E-state index is 13.0. The lowest BCUT2D eigenvalue weighted by Crippen LogP contribution is -2.39. The van der Waals surface area contributed by atoms with Crippen LogP contribution in [0.5, 0.6) is 5.75 Å². The van der Waals surface area contributed by atoms with Crippen LogP contribution in [0.25, 0.3) is 0 Å². The third-order valence-corrected chi connectivity index (χ3v) is 7.89. The Hall–Kier alpha value is -1.85. The van der Waals surface area contributed by atoms with Crippen LogP contribution in [0.4, 0.5) is 0 Å². The van der Waals surface area contributed by atoms with Crippen molar-refractivity contribution in [1.29, 1.82) is 0 Å². The molecule has 1 N–H and O–H groups in total. The molecule has 0 spiro atoms. The predicted molar refractivity (Wildman–Crippen MR) is 111 cm³/mol. The van der Waals surface area contributed by atoms with Crippen LogP contribution in [0.15, 0.2) is 47.4 Å². The zero-order valence-electron chi connectivity index (χ0n) is 16.5. The first-order valence-electron chi connectivity index (χ1n) is 10.3. The van der Waals surface area contributed by atoms with Gasteiger partial charge in [-0.3, -0.25) is 0 Å². The van der Waals surface area contributed by atoms with Crippen molar-refractivity contribution in [3.63, 3.8) is 0 Å². The molecule has 0 unspecified atom stereocenters. The number of nitrogens with one attached hydrogen (secondary N) is 1. The summed E-state index contributed by atoms with van der Waals surface area (Å²) in [6.07, 6.45) is 8.65. The predicted octanol–water partition coefficient (Wildman–Crippen LogP) is 4.36. The molecule has 2 aliphatic carbocycles. The van der Waals surface area contributed by atoms with E-state index >= 15 is 0 Å². The van der Waals surface area contributed by atoms with E-state index in [4.69, 9.17) is 4.74 Å². The highest BCUT2D eigenvalue weighted by atomic mass is 32.2. The molecular formula is C23H29NO3S. The van der Waals surface area contributed by atoms with Gasteiger partial charge >= 0.3 is 0 Å². The van der Waals surface area contributed by atoms with Crippen LogP contribution in [0, 0.1) is 0 Å². The molecule has 0 radical (unpaired) electrons. The molecule has 5 heteroatoms. The molecule has 2 aliphatic rings. The lowest BCUT2D eigenvalue weighted by atomic mass is 9.79. The van der Waals surface area contributed by atoms with Gasteiger partial charge in [0.15, 0.2) is 0 Å². The fourth-order valence-corrected chi connectivity index (χ4v) is 5.93. The minimum Gasteiger partial charge on any atom is -0.497 e. The molecule has 2 aromatic rings. The van der Waals surface area contributed by atoms with Gasteiger partial charge in [0.25, 0.3) is 0 Å². The van der Waals surface area contributed by atoms with Gasteiger partial charge in [0.05, 0.1) is 12.0 Å². The summed E-state index contributed by atoms with van der Waals surface area (Å²) in [7, 11) is -1.86. The standard InChI is InChI=1S/C23H29NO3S/c1-27-21-11-9-20(10-12-21)23(14-4-5-15-23)17-24-28(25,26)22-13-8-18-6-2-3-7-19(18)16-22/h8-13,16,24H,2-7,14-15,17H2,1H3. The SMILES string of the molecule is COc1ccc(C2(CNS(=O)(=O)c3ccc4c(c3)CCCC4)CCCC2)cc1. The van der Waals surface area contributed by atoms with E-state index in [1.165, 1.54) is 23.1 Å². The van der Waals surface area contributed by atoms with E-state index in [0.717, 1.165) is 50.7 Å². The summed E-state index contributed by atoms with van der Waals surface area (Å²) < 4.78 is 34.2. The average Bonchev–Trinajstić information content (AvgIpc) is 3.22. The number of methoxy groups -OCH3 is 1. The van der Waals surface area contributed by atoms with Gasteiger partial charge in [-0.25, -0.2) is 13.1 Å². The molecular weight excluding hydrogens is 370 g/mol. The van der Waals surface area contributed by atoms with Crippen LogP contribution in [0.3, 0.4) is 0 Å². The molecule has 0 atom stereocenters. The minimum atomic E-state index is -3.51. The number of rotatable bonds is 6. The minimum absolute atomic E-state index is 0.131. The van der Waals surface area contributed by atoms with Crippen molar-refractivity contribution < 1.29 is 13.2 Å². The molecule has 4 nitrogen and oxygen atoms in total. The molecule has 0 heterocycles. The molecule has 0 saturated heterocycles. The smallest absolute Gasteiger partial charge is 0.240 e. The molecule has 0 aliphatic heterocycles. The topological polar surface area (TPSA) is 55.4 Å². The van der Waals surface area contributed by atoms with Crippen molar-refractivity contribution in [3.8, 4) is 5.75 Å². The van der Waals surface area contributed by atoms with E-state index in [9.17, 15) is 8.42 Å². The monoisotopic (exact) mass is 399 g/mol. The number of ether oxygens (including phenoxy) is 1. The third-order valence-electron chi connectivity index (χ3n) is 6.49. The van der Waals surface area contributed by atoms with Gasteiger partial charge in [0.2, 0.25) is 10.0 Å². The van der Waals surface area contributed by atoms with Gasteiger partial charge in [-0.2, -0.15) is 0 Å². The van der Waals surface area contributed by atoms with Crippen molar-refractivity contribution >= 4 is 10.0 Å². The van der Waals surface area contributed by atoms with Crippen molar-refractivity contribution in [2.45, 2.75) is 61.7 Å². The van der Waals surface area contributed by atoms with Gasteiger partial charge in [-0.1, -0.05) is 31.0 Å². The molecule has 28 heavy (non-hydrogen) atoms. The Morgan fingerprint density at radius 1 is 0.929 bits per heavy atom. The number of sulfonamides is 1. The van der Waals surface area contributed by atoms with E-state index < -0.39 is 10.0 Å². The highest BCUT2D eigenvalue weighted by Gasteiger charge is 2.36. The van der Waals surface area contributed by atoms with Crippen LogP contribution in [0.2, 0.25) is 0 Å². The van der Waals surface area contributed by atoms with Gasteiger partial charge in [0.1, 0.15) is 5.75 Å². The summed E-state index contributed by atoms with van der Waals surface area (Å²) in [4.78, 5) is 0.399. The molecule has 0 bridgehead atoms. The number of hydrogen-bond donors (Lipinski definition) is 1. The molecule has 1 saturated carbocycles. The molecule has 1 fully saturated rings. The van der Waals surface area contributed by atoms with Crippen LogP contribution in [0.1, 0.15) is 55.2 Å². The highest BCUT2D eigenvalue weighted by molar-refractivity contribution is 7.89. The van der Waals surface area contributed by atoms with E-state index in [1.54, 1.807) is 13.2 Å². The van der Waals surface area contributed by atoms with Gasteiger partial charge < -0.3 is 4.74 Å². The number of benzene rings is 2. The van der Waals surface area contributed by atoms with Crippen LogP contribution in [-0.4, -0.2) is 22.1 Å². The van der Waals surface area contributed by atoms with E-state index in [1.807, 2.05) is 24.3 Å². The summed E-state index contributed by atoms with van der Waals surface area (Å²) >= 11 is 0. The number of aryl methyl sites for hydroxylation is 2. The Morgan fingerprint density at radius 3 is 2.29 bits per heavy atom. The first kappa shape index (κ1) is 19.5. The summed E-state index contributed by atoms with van der Waals surface area (Å²) in [5, 5.41) is 0. The third kappa shape index (κ3) is 3.83. The Balaban J connectivity index is 1.55. The summed E-state index contributed by atoms with van der Waals surface area (Å²) in [6, 6.07) is 13.7. The molecule has 4 rings (SSSR count). The Bertz CT molecular complexity index is 929. The second kappa shape index (κ2) is 7.88. The lowest BCUT2D eigenvalue weighted by Gasteiger charge is -2.30. The quantitative estimate of drug-likeness (QED) is 0.785. The van der Waals surface area contributed by atoms with E-state index in [0.29, 0.717) is 11.4 Å². The average molecular weight is 400 g/mol. The van der Waals surface area contributed by atoms with E-state index in [-0.39, 0.29) is 5.41 Å². The first-order chi connectivity index (χ1) is 13.5. The maximum Gasteiger partial charge on any atom is 0.240 e. The van der Waals surface area contributed by atoms with Crippen LogP contribution < -0.4 is 9.46 Å². The Labute approximate surface area is 168 Å². The largest absolute Gasteiger partial charge is 0.497 e. The normalized spacial score (nSPS) is 18.6. The van der Waals surface area contributed by atoms with Crippen LogP contribution in [-0.2, 0) is 28.3 Å². The summed E-state index contributed by atoms with van der Waals surface area (Å²) in [5.74, 6) is 0.825. The molecule has 0 amide bonds. The fourth-order valence-electron chi connectivity index (χ4n) is 4.76. The number of hydrogen-bond acceptors (Lipinski definition) is 3. The number of fused-ring (bicyclic) bond motifs is 1. The fraction of sp³-hybridized carbons (Fsp3) is 0.478. The summed E-state index contributed by atoms with van der Waals surface area (Å²) in [5.41, 5.74) is 3.56. The van der Waals surface area contributed by atoms with Gasteiger partial charge in [0, 0.05) is 12.0 Å². The second-order valence-corrected chi connectivity index (χ2v) is 9.95. The van der Waals surface area contributed by atoms with Crippen molar-refractivity contribution in [3.05, 3.63) is 59.2 Å². The van der Waals surface area contributed by atoms with Gasteiger partial charge in [-0.15, -0.1) is 0 Å². The first-order valence-corrected chi connectivity index (χ1v) is 11.8. The zero-order valence-corrected chi connectivity index (χ0v) is 17.4. The highest BCUT2D eigenvalue weighted by Crippen LogP contribution is 2.41. The summed E-state index contributed by atoms with van der Waals surface area (Å²) in [6.45, 7) is 0.443. The van der Waals surface area contributed by atoms with E-state index in [2.05, 4.69) is 16.9 Å². The molecule has 0 aromatic heterocycles. The Morgan fingerprint density at radius 2 is 1.61 bits per heavy atom. The molecule has 150 valence electrons. The lowest BCUT2D eigenvalue weighted by molar-refractivity contribution is 0.410. The van der Waals surface area contributed by atoms with Crippen molar-refractivity contribution in [2.24, 2.45) is 0 Å². The van der Waals surface area contributed by atoms with Crippen LogP contribution >= 0.6 is 0 Å². The van der Waals surface area contributed by atoms with Crippen molar-refractivity contribution in [2.75, 3.05) is 13.7 Å².